The van der Waals surface area contributed by atoms with Crippen LogP contribution in [0.5, 0.6) is 5.75 Å². The van der Waals surface area contributed by atoms with E-state index in [2.05, 4.69) is 67.8 Å². The van der Waals surface area contributed by atoms with Gasteiger partial charge in [-0.1, -0.05) is 44.2 Å². The third-order valence-corrected chi connectivity index (χ3v) is 14.1. The number of aliphatic imine (C=N–C) groups is 1. The van der Waals surface area contributed by atoms with Crippen molar-refractivity contribution in [3.8, 4) is 5.75 Å². The molecule has 8 atom stereocenters. The maximum absolute atomic E-state index is 14.4. The fourth-order valence-electron chi connectivity index (χ4n) is 9.79. The molecule has 32 heteroatoms. The van der Waals surface area contributed by atoms with Crippen LogP contribution in [0.15, 0.2) is 72.2 Å². The van der Waals surface area contributed by atoms with E-state index >= 15 is 0 Å². The fraction of sp³-hybridized carbons (Fsp3) is 0.473. The predicted molar refractivity (Wildman–Crippen MR) is 320 cm³/mol. The summed E-state index contributed by atoms with van der Waals surface area (Å²) in [5.41, 5.74) is 18.3. The Morgan fingerprint density at radius 1 is 0.724 bits per heavy atom. The van der Waals surface area contributed by atoms with Crippen LogP contribution >= 0.6 is 24.8 Å². The van der Waals surface area contributed by atoms with Gasteiger partial charge in [-0.2, -0.15) is 0 Å². The summed E-state index contributed by atoms with van der Waals surface area (Å²) < 4.78 is 0. The maximum Gasteiger partial charge on any atom is 0.245 e. The van der Waals surface area contributed by atoms with Crippen LogP contribution in [0, 0.1) is 5.92 Å². The van der Waals surface area contributed by atoms with E-state index in [0.29, 0.717) is 34.1 Å². The van der Waals surface area contributed by atoms with Crippen LogP contribution in [0.25, 0.3) is 10.9 Å². The largest absolute Gasteiger partial charge is 0.508 e. The van der Waals surface area contributed by atoms with Crippen LogP contribution in [0.1, 0.15) is 75.6 Å². The zero-order chi connectivity index (χ0) is 61.7. The van der Waals surface area contributed by atoms with Crippen molar-refractivity contribution in [1.82, 2.24) is 67.7 Å². The van der Waals surface area contributed by atoms with Gasteiger partial charge in [-0.05, 0) is 73.8 Å². The van der Waals surface area contributed by atoms with E-state index in [-0.39, 0.29) is 119 Å². The predicted octanol–water partition coefficient (Wildman–Crippen LogP) is -3.54. The van der Waals surface area contributed by atoms with Gasteiger partial charge in [0.15, 0.2) is 5.96 Å². The molecule has 2 fully saturated rings. The van der Waals surface area contributed by atoms with Crippen molar-refractivity contribution < 1.29 is 63.0 Å². The zero-order valence-electron chi connectivity index (χ0n) is 47.9. The number of aliphatic hydroxyl groups excluding tert-OH is 1. The van der Waals surface area contributed by atoms with Gasteiger partial charge in [0.25, 0.3) is 0 Å². The van der Waals surface area contributed by atoms with Crippen molar-refractivity contribution in [2.24, 2.45) is 28.1 Å². The van der Waals surface area contributed by atoms with E-state index in [0.717, 1.165) is 0 Å². The number of aromatic amines is 2. The first kappa shape index (κ1) is 70.5. The number of amides is 11. The number of carbonyl (C=O) groups is 11. The summed E-state index contributed by atoms with van der Waals surface area (Å²) in [6.45, 7) is 1.62. The van der Waals surface area contributed by atoms with Crippen molar-refractivity contribution in [3.05, 3.63) is 84.1 Å². The Balaban J connectivity index is 0.00000810. The van der Waals surface area contributed by atoms with Gasteiger partial charge in [-0.15, -0.1) is 24.8 Å². The summed E-state index contributed by atoms with van der Waals surface area (Å²) in [6, 6.07) is 2.37. The molecule has 4 heterocycles. The number of phenolic OH excluding ortho intramolecular Hbond substituents is 1. The summed E-state index contributed by atoms with van der Waals surface area (Å²) >= 11 is 0. The van der Waals surface area contributed by atoms with E-state index in [9.17, 15) is 63.0 Å². The number of nitrogens with zero attached hydrogens (tertiary/aromatic N) is 3. The van der Waals surface area contributed by atoms with Crippen LogP contribution in [0.2, 0.25) is 0 Å². The molecule has 11 amide bonds. The standard InChI is InChI=1S/C55H75N17O13.2ClH/c1-29(2)19-38(49(80)67-37(9-5-17-60-55(57)58)54(85)72-18-6-10-43(72)53(84)62-25-44(56)75)66-46(77)26-63-47(78)39(20-30-11-13-33(74)14-12-30)68-52(83)42(27-73)71-50(81)40(21-31-23-61-35-8-4-3-7-34(31)35)69-51(82)41(22-32-24-59-28-64-32)70-48(79)36-15-16-45(76)65-36;;/h3-4,7-8,11-14,23-24,28-29,36-43,61,73-74H,5-6,9-10,15-22,25-27H2,1-2H3,(H2,56,75)(H,59,64)(H,62,84)(H,63,78)(H,65,76)(H,66,77)(H,67,80)(H,68,83)(H,69,82)(H,70,79)(H,71,81)(H4,57,58,60);2*1H. The summed E-state index contributed by atoms with van der Waals surface area (Å²) in [7, 11) is 0. The van der Waals surface area contributed by atoms with Crippen LogP contribution in [0.3, 0.4) is 0 Å². The molecular formula is C55H77Cl2N17O13. The van der Waals surface area contributed by atoms with Crippen molar-refractivity contribution in [2.45, 2.75) is 126 Å². The number of nitrogens with one attached hydrogen (secondary N) is 11. The lowest BCUT2D eigenvalue weighted by atomic mass is 10.0. The molecule has 30 nitrogen and oxygen atoms in total. The molecule has 6 rings (SSSR count). The normalized spacial score (nSPS) is 16.4. The third-order valence-electron chi connectivity index (χ3n) is 14.1. The number of benzene rings is 2. The third kappa shape index (κ3) is 21.5. The van der Waals surface area contributed by atoms with Gasteiger partial charge in [0, 0.05) is 67.8 Å². The number of carbonyl (C=O) groups excluding carboxylic acids is 11. The van der Waals surface area contributed by atoms with Gasteiger partial charge >= 0.3 is 0 Å². The minimum absolute atomic E-state index is 0. The van der Waals surface area contributed by atoms with E-state index in [1.54, 1.807) is 44.3 Å². The number of aromatic nitrogens is 3. The number of hydrogen-bond donors (Lipinski definition) is 16. The number of aliphatic hydroxyl groups is 1. The van der Waals surface area contributed by atoms with Crippen LogP contribution < -0.4 is 65.1 Å². The summed E-state index contributed by atoms with van der Waals surface area (Å²) in [4.78, 5) is 164. The second kappa shape index (κ2) is 34.2. The Morgan fingerprint density at radius 3 is 2.00 bits per heavy atom. The molecule has 474 valence electrons. The minimum Gasteiger partial charge on any atom is -0.508 e. The number of H-pyrrole nitrogens is 2. The average Bonchev–Trinajstić information content (AvgIpc) is 3.12. The number of likely N-dealkylation sites (tertiary alicyclic amines) is 1. The molecule has 2 aliphatic heterocycles. The Hall–Kier alpha value is -9.03. The molecule has 0 saturated carbocycles. The maximum atomic E-state index is 14.4. The molecule has 2 aromatic carbocycles. The Labute approximate surface area is 512 Å². The number of primary amides is 1. The molecule has 2 aliphatic rings. The Morgan fingerprint density at radius 2 is 1.37 bits per heavy atom. The van der Waals surface area contributed by atoms with Gasteiger partial charge in [-0.25, -0.2) is 4.98 Å². The number of aromatic hydroxyl groups is 1. The van der Waals surface area contributed by atoms with Gasteiger partial charge < -0.3 is 90.1 Å². The van der Waals surface area contributed by atoms with E-state index in [4.69, 9.17) is 17.2 Å². The van der Waals surface area contributed by atoms with E-state index in [1.165, 1.54) is 41.7 Å². The van der Waals surface area contributed by atoms with Gasteiger partial charge in [0.2, 0.25) is 65.0 Å². The number of fused-ring (bicyclic) bond motifs is 1. The highest BCUT2D eigenvalue weighted by molar-refractivity contribution is 5.99. The van der Waals surface area contributed by atoms with Gasteiger partial charge in [0.05, 0.1) is 26.0 Å². The molecule has 2 aromatic heterocycles. The fourth-order valence-corrected chi connectivity index (χ4v) is 9.79. The highest BCUT2D eigenvalue weighted by Crippen LogP contribution is 2.22. The first-order valence-corrected chi connectivity index (χ1v) is 27.8. The lowest BCUT2D eigenvalue weighted by Crippen LogP contribution is -2.60. The van der Waals surface area contributed by atoms with Gasteiger partial charge in [0.1, 0.15) is 54.1 Å². The smallest absolute Gasteiger partial charge is 0.245 e. The molecule has 0 spiro atoms. The number of rotatable bonds is 31. The molecule has 8 unspecified atom stereocenters. The topological polar surface area (TPSA) is 475 Å². The second-order valence-electron chi connectivity index (χ2n) is 21.2. The molecule has 4 aromatic rings. The first-order valence-electron chi connectivity index (χ1n) is 27.8. The molecule has 0 bridgehead atoms. The zero-order valence-corrected chi connectivity index (χ0v) is 49.6. The Bertz CT molecular complexity index is 3070. The number of nitrogens with two attached hydrogens (primary N) is 3. The number of halogens is 2. The van der Waals surface area contributed by atoms with Crippen LogP contribution in [-0.2, 0) is 72.0 Å². The highest BCUT2D eigenvalue weighted by Gasteiger charge is 2.39. The highest BCUT2D eigenvalue weighted by atomic mass is 35.5. The summed E-state index contributed by atoms with van der Waals surface area (Å²) in [5.74, 6) is -8.86. The van der Waals surface area contributed by atoms with Crippen LogP contribution in [-0.4, -0.2) is 182 Å². The molecule has 2 saturated heterocycles. The van der Waals surface area contributed by atoms with Gasteiger partial charge in [-0.3, -0.25) is 57.7 Å². The van der Waals surface area contributed by atoms with E-state index < -0.39 is 127 Å². The molecule has 0 radical (unpaired) electrons. The van der Waals surface area contributed by atoms with Crippen molar-refractivity contribution >= 4 is 107 Å². The van der Waals surface area contributed by atoms with Crippen molar-refractivity contribution in [3.63, 3.8) is 0 Å². The summed E-state index contributed by atoms with van der Waals surface area (Å²) in [5, 5.41) is 44.5. The summed E-state index contributed by atoms with van der Waals surface area (Å²) in [6.07, 6.45) is 5.24. The average molecular weight is 1260 g/mol. The van der Waals surface area contributed by atoms with E-state index in [1.807, 2.05) is 0 Å². The van der Waals surface area contributed by atoms with Crippen molar-refractivity contribution in [1.29, 1.82) is 0 Å². The first-order chi connectivity index (χ1) is 40.6. The molecule has 0 aliphatic carbocycles. The van der Waals surface area contributed by atoms with Crippen LogP contribution in [0.4, 0.5) is 0 Å². The lowest BCUT2D eigenvalue weighted by molar-refractivity contribution is -0.142. The lowest BCUT2D eigenvalue weighted by Gasteiger charge is -2.30. The number of guanidine groups is 1. The monoisotopic (exact) mass is 1250 g/mol. The molecular weight excluding hydrogens is 1180 g/mol. The quantitative estimate of drug-likeness (QED) is 0.0132. The Kier molecular flexibility index (Phi) is 27.7. The number of hydrogen-bond acceptors (Lipinski definition) is 15. The number of imidazole rings is 1. The number of para-hydroxylation sites is 1. The second-order valence-corrected chi connectivity index (χ2v) is 21.2. The minimum atomic E-state index is -1.76. The molecule has 87 heavy (non-hydrogen) atoms. The van der Waals surface area contributed by atoms with Crippen molar-refractivity contribution in [2.75, 3.05) is 32.8 Å². The number of phenols is 1. The SMILES string of the molecule is CC(C)CC(NC(=O)CNC(=O)C(Cc1ccc(O)cc1)NC(=O)C(CO)NC(=O)C(Cc1c[nH]c2ccccc12)NC(=O)C(Cc1cnc[nH]1)NC(=O)C1CCC(=O)N1)C(=O)NC(CCCN=C(N)N)C(=O)N1CCCC1C(=O)NCC(N)=O.Cl.Cl. The molecule has 19 N–H and O–H groups in total.